The van der Waals surface area contributed by atoms with Crippen LogP contribution in [0.15, 0.2) is 29.5 Å². The summed E-state index contributed by atoms with van der Waals surface area (Å²) < 4.78 is 6.28. The van der Waals surface area contributed by atoms with Crippen LogP contribution >= 0.6 is 24.8 Å². The lowest BCUT2D eigenvalue weighted by Crippen LogP contribution is -2.11. The van der Waals surface area contributed by atoms with Gasteiger partial charge in [0.25, 0.3) is 5.91 Å². The largest absolute Gasteiger partial charge is 0.451 e. The number of hydrogen-bond donors (Lipinski definition) is 1. The van der Waals surface area contributed by atoms with Crippen molar-refractivity contribution in [2.24, 2.45) is 7.05 Å². The molecule has 0 aliphatic carbocycles. The predicted octanol–water partition coefficient (Wildman–Crippen LogP) is 1.50. The van der Waals surface area contributed by atoms with Crippen LogP contribution < -0.4 is 5.32 Å². The Morgan fingerprint density at radius 1 is 1.50 bits per heavy atom. The summed E-state index contributed by atoms with van der Waals surface area (Å²) in [6, 6.07) is 0. The van der Waals surface area contributed by atoms with Gasteiger partial charge in [0.2, 0.25) is 0 Å². The third-order valence-electron chi connectivity index (χ3n) is 1.63. The smallest absolute Gasteiger partial charge is 0.277 e. The SMILES string of the molecule is Cl.Cl.Cn1cc(NC(=O)c2cocn2)cn1. The molecule has 1 N–H and O–H groups in total. The average Bonchev–Trinajstić information content (AvgIpc) is 2.75. The monoisotopic (exact) mass is 264 g/mol. The average molecular weight is 265 g/mol. The zero-order valence-corrected chi connectivity index (χ0v) is 9.92. The zero-order valence-electron chi connectivity index (χ0n) is 8.28. The summed E-state index contributed by atoms with van der Waals surface area (Å²) in [5.41, 5.74) is 0.870. The van der Waals surface area contributed by atoms with Gasteiger partial charge in [0.05, 0.1) is 11.9 Å². The summed E-state index contributed by atoms with van der Waals surface area (Å²) in [5.74, 6) is -0.313. The second-order valence-corrected chi connectivity index (χ2v) is 2.73. The Morgan fingerprint density at radius 2 is 2.25 bits per heavy atom. The Balaban J connectivity index is 0.00000112. The summed E-state index contributed by atoms with van der Waals surface area (Å²) in [6.45, 7) is 0. The Hall–Kier alpha value is -1.53. The van der Waals surface area contributed by atoms with E-state index in [4.69, 9.17) is 0 Å². The maximum absolute atomic E-state index is 11.4. The molecule has 8 heteroatoms. The lowest BCUT2D eigenvalue weighted by Gasteiger charge is -1.96. The summed E-state index contributed by atoms with van der Waals surface area (Å²) >= 11 is 0. The molecule has 0 fully saturated rings. The molecular formula is C8H10Cl2N4O2. The molecule has 0 saturated heterocycles. The molecule has 6 nitrogen and oxygen atoms in total. The number of aryl methyl sites for hydroxylation is 1. The topological polar surface area (TPSA) is 73.0 Å². The van der Waals surface area contributed by atoms with Crippen LogP contribution in [-0.4, -0.2) is 20.7 Å². The molecular weight excluding hydrogens is 255 g/mol. The lowest BCUT2D eigenvalue weighted by molar-refractivity contribution is 0.102. The van der Waals surface area contributed by atoms with E-state index in [1.165, 1.54) is 12.7 Å². The standard InChI is InChI=1S/C8H8N4O2.2ClH/c1-12-3-6(2-10-12)11-8(13)7-4-14-5-9-7;;/h2-5H,1H3,(H,11,13);2*1H. The quantitative estimate of drug-likeness (QED) is 0.893. The predicted molar refractivity (Wildman–Crippen MR) is 62.2 cm³/mol. The highest BCUT2D eigenvalue weighted by Crippen LogP contribution is 2.05. The number of rotatable bonds is 2. The van der Waals surface area contributed by atoms with Crippen molar-refractivity contribution in [2.75, 3.05) is 5.32 Å². The first-order valence-electron chi connectivity index (χ1n) is 3.94. The number of aromatic nitrogens is 3. The van der Waals surface area contributed by atoms with Gasteiger partial charge in [-0.15, -0.1) is 24.8 Å². The molecule has 0 spiro atoms. The van der Waals surface area contributed by atoms with E-state index in [0.29, 0.717) is 5.69 Å². The number of amides is 1. The normalized spacial score (nSPS) is 8.81. The minimum Gasteiger partial charge on any atom is -0.451 e. The van der Waals surface area contributed by atoms with Crippen molar-refractivity contribution in [3.8, 4) is 0 Å². The van der Waals surface area contributed by atoms with Crippen LogP contribution in [0, 0.1) is 0 Å². The highest BCUT2D eigenvalue weighted by Gasteiger charge is 2.09. The van der Waals surface area contributed by atoms with Gasteiger partial charge in [0, 0.05) is 13.2 Å². The number of carbonyl (C=O) groups is 1. The minimum atomic E-state index is -0.313. The Morgan fingerprint density at radius 3 is 2.75 bits per heavy atom. The van der Waals surface area contributed by atoms with E-state index in [-0.39, 0.29) is 36.4 Å². The van der Waals surface area contributed by atoms with Gasteiger partial charge in [0.1, 0.15) is 6.26 Å². The third kappa shape index (κ3) is 3.25. The summed E-state index contributed by atoms with van der Waals surface area (Å²) in [4.78, 5) is 15.1. The first-order chi connectivity index (χ1) is 6.75. The fraction of sp³-hybridized carbons (Fsp3) is 0.125. The van der Waals surface area contributed by atoms with Crippen molar-refractivity contribution in [1.82, 2.24) is 14.8 Å². The minimum absolute atomic E-state index is 0. The fourth-order valence-electron chi connectivity index (χ4n) is 1.01. The molecule has 88 valence electrons. The van der Waals surface area contributed by atoms with Gasteiger partial charge in [-0.05, 0) is 0 Å². The summed E-state index contributed by atoms with van der Waals surface area (Å²) in [7, 11) is 1.77. The van der Waals surface area contributed by atoms with Crippen molar-refractivity contribution in [2.45, 2.75) is 0 Å². The van der Waals surface area contributed by atoms with Gasteiger partial charge in [-0.2, -0.15) is 5.10 Å². The molecule has 2 heterocycles. The number of nitrogens with zero attached hydrogens (tertiary/aromatic N) is 3. The summed E-state index contributed by atoms with van der Waals surface area (Å²) in [5, 5.41) is 6.53. The molecule has 2 aromatic rings. The van der Waals surface area contributed by atoms with Crippen molar-refractivity contribution in [3.05, 3.63) is 30.7 Å². The Labute approximate surface area is 104 Å². The Kier molecular flexibility index (Phi) is 5.55. The first-order valence-corrected chi connectivity index (χ1v) is 3.94. The number of nitrogens with one attached hydrogen (secondary N) is 1. The third-order valence-corrected chi connectivity index (χ3v) is 1.63. The van der Waals surface area contributed by atoms with Gasteiger partial charge in [0.15, 0.2) is 12.1 Å². The maximum atomic E-state index is 11.4. The van der Waals surface area contributed by atoms with Crippen LogP contribution in [0.25, 0.3) is 0 Å². The molecule has 0 saturated carbocycles. The van der Waals surface area contributed by atoms with Gasteiger partial charge < -0.3 is 9.73 Å². The molecule has 0 bridgehead atoms. The molecule has 2 aromatic heterocycles. The number of carbonyl (C=O) groups excluding carboxylic acids is 1. The highest BCUT2D eigenvalue weighted by molar-refractivity contribution is 6.02. The molecule has 0 aromatic carbocycles. The zero-order chi connectivity index (χ0) is 9.97. The van der Waals surface area contributed by atoms with E-state index in [0.717, 1.165) is 0 Å². The number of hydrogen-bond acceptors (Lipinski definition) is 4. The van der Waals surface area contributed by atoms with Crippen LogP contribution in [-0.2, 0) is 7.05 Å². The van der Waals surface area contributed by atoms with Crippen molar-refractivity contribution in [1.29, 1.82) is 0 Å². The highest BCUT2D eigenvalue weighted by atomic mass is 35.5. The molecule has 0 radical (unpaired) electrons. The van der Waals surface area contributed by atoms with Gasteiger partial charge in [-0.25, -0.2) is 4.98 Å². The van der Waals surface area contributed by atoms with Crippen molar-refractivity contribution in [3.63, 3.8) is 0 Å². The van der Waals surface area contributed by atoms with Crippen LogP contribution in [0.1, 0.15) is 10.5 Å². The summed E-state index contributed by atoms with van der Waals surface area (Å²) in [6.07, 6.45) is 5.74. The van der Waals surface area contributed by atoms with E-state index in [1.807, 2.05) is 0 Å². The van der Waals surface area contributed by atoms with E-state index < -0.39 is 0 Å². The van der Waals surface area contributed by atoms with E-state index >= 15 is 0 Å². The van der Waals surface area contributed by atoms with Crippen LogP contribution in [0.5, 0.6) is 0 Å². The van der Waals surface area contributed by atoms with Gasteiger partial charge in [-0.3, -0.25) is 9.48 Å². The maximum Gasteiger partial charge on any atom is 0.277 e. The van der Waals surface area contributed by atoms with Crippen molar-refractivity contribution < 1.29 is 9.21 Å². The molecule has 16 heavy (non-hydrogen) atoms. The molecule has 0 unspecified atom stereocenters. The molecule has 0 aliphatic heterocycles. The fourth-order valence-corrected chi connectivity index (χ4v) is 1.01. The van der Waals surface area contributed by atoms with Gasteiger partial charge in [-0.1, -0.05) is 0 Å². The number of oxazole rings is 1. The van der Waals surface area contributed by atoms with Crippen LogP contribution in [0.3, 0.4) is 0 Å². The van der Waals surface area contributed by atoms with Crippen LogP contribution in [0.4, 0.5) is 5.69 Å². The van der Waals surface area contributed by atoms with Crippen LogP contribution in [0.2, 0.25) is 0 Å². The second kappa shape index (κ2) is 6.14. The Bertz CT molecular complexity index is 441. The van der Waals surface area contributed by atoms with E-state index in [2.05, 4.69) is 19.8 Å². The molecule has 2 rings (SSSR count). The second-order valence-electron chi connectivity index (χ2n) is 2.73. The van der Waals surface area contributed by atoms with Gasteiger partial charge >= 0.3 is 0 Å². The molecule has 0 atom stereocenters. The van der Waals surface area contributed by atoms with Crippen molar-refractivity contribution >= 4 is 36.4 Å². The molecule has 0 aliphatic rings. The number of anilines is 1. The first kappa shape index (κ1) is 14.5. The van der Waals surface area contributed by atoms with E-state index in [1.54, 1.807) is 24.1 Å². The number of halogens is 2. The van der Waals surface area contributed by atoms with E-state index in [9.17, 15) is 4.79 Å². The molecule has 1 amide bonds. The lowest BCUT2D eigenvalue weighted by atomic mass is 10.4.